The summed E-state index contributed by atoms with van der Waals surface area (Å²) < 4.78 is 65.3. The number of aryl methyl sites for hydroxylation is 1. The van der Waals surface area contributed by atoms with Crippen molar-refractivity contribution in [1.29, 1.82) is 0 Å². The fourth-order valence-electron chi connectivity index (χ4n) is 3.71. The summed E-state index contributed by atoms with van der Waals surface area (Å²) in [5.74, 6) is 0.245. The molecule has 1 fully saturated rings. The van der Waals surface area contributed by atoms with Crippen LogP contribution in [0, 0.1) is 0 Å². The van der Waals surface area contributed by atoms with Gasteiger partial charge >= 0.3 is 6.18 Å². The van der Waals surface area contributed by atoms with Crippen LogP contribution < -0.4 is 11.1 Å². The van der Waals surface area contributed by atoms with E-state index in [9.17, 15) is 26.7 Å². The summed E-state index contributed by atoms with van der Waals surface area (Å²) >= 11 is 0. The molecule has 0 aromatic carbocycles. The molecular weight excluding hydrogens is 447 g/mol. The normalized spacial score (nSPS) is 18.8. The fourth-order valence-corrected chi connectivity index (χ4v) is 3.71. The molecule has 1 aliphatic carbocycles. The van der Waals surface area contributed by atoms with Crippen LogP contribution in [0.3, 0.4) is 0 Å². The standard InChI is InChI=1S/C14H17F3N4.C7H8F2N2O/c15-14(16,17)11-8-21-12(2-1-3-13(21)20-11)19-10-6-4-9(18)5-7-10;1-4(12)5-3-10-11(2)6(5)7(8)9/h1-3,8-10,19H,4-7,18H2;3,7H,1-2H3. The van der Waals surface area contributed by atoms with Crippen LogP contribution >= 0.6 is 0 Å². The van der Waals surface area contributed by atoms with Crippen molar-refractivity contribution in [3.63, 3.8) is 0 Å². The van der Waals surface area contributed by atoms with Crippen molar-refractivity contribution in [1.82, 2.24) is 19.2 Å². The summed E-state index contributed by atoms with van der Waals surface area (Å²) in [4.78, 5) is 14.4. The molecule has 7 nitrogen and oxygen atoms in total. The third-order valence-electron chi connectivity index (χ3n) is 5.48. The maximum atomic E-state index is 12.7. The van der Waals surface area contributed by atoms with Crippen LogP contribution in [-0.2, 0) is 13.2 Å². The Hall–Kier alpha value is -3.02. The van der Waals surface area contributed by atoms with Gasteiger partial charge < -0.3 is 11.1 Å². The lowest BCUT2D eigenvalue weighted by Gasteiger charge is -2.27. The first-order valence-corrected chi connectivity index (χ1v) is 10.4. The van der Waals surface area contributed by atoms with Crippen LogP contribution in [0.2, 0.25) is 0 Å². The molecule has 180 valence electrons. The summed E-state index contributed by atoms with van der Waals surface area (Å²) in [6.07, 6.45) is -1.17. The Bertz CT molecular complexity index is 1100. The molecule has 3 aromatic heterocycles. The van der Waals surface area contributed by atoms with Gasteiger partial charge in [-0.05, 0) is 44.7 Å². The van der Waals surface area contributed by atoms with Crippen molar-refractivity contribution in [2.45, 2.75) is 57.3 Å². The Kier molecular flexibility index (Phi) is 7.35. The quantitative estimate of drug-likeness (QED) is 0.428. The molecule has 3 N–H and O–H groups in total. The van der Waals surface area contributed by atoms with Gasteiger partial charge in [-0.1, -0.05) is 6.07 Å². The van der Waals surface area contributed by atoms with E-state index in [1.807, 2.05) is 0 Å². The number of nitrogens with two attached hydrogens (primary N) is 1. The second-order valence-corrected chi connectivity index (χ2v) is 7.94. The molecular formula is C21H25F5N6O. The number of rotatable bonds is 4. The lowest BCUT2D eigenvalue weighted by molar-refractivity contribution is -0.140. The Labute approximate surface area is 186 Å². The number of halogens is 5. The number of aromatic nitrogens is 4. The van der Waals surface area contributed by atoms with E-state index in [1.54, 1.807) is 18.2 Å². The Morgan fingerprint density at radius 1 is 1.21 bits per heavy atom. The first-order chi connectivity index (χ1) is 15.5. The van der Waals surface area contributed by atoms with Gasteiger partial charge in [0, 0.05) is 25.3 Å². The minimum Gasteiger partial charge on any atom is -0.368 e. The summed E-state index contributed by atoms with van der Waals surface area (Å²) in [6.45, 7) is 1.24. The largest absolute Gasteiger partial charge is 0.434 e. The summed E-state index contributed by atoms with van der Waals surface area (Å²) in [6, 6.07) is 5.52. The maximum Gasteiger partial charge on any atom is 0.434 e. The number of pyridine rings is 1. The number of Topliss-reactive ketones (excluding diaryl/α,β-unsaturated/α-hetero) is 1. The van der Waals surface area contributed by atoms with Crippen LogP contribution in [0.4, 0.5) is 27.8 Å². The molecule has 33 heavy (non-hydrogen) atoms. The van der Waals surface area contributed by atoms with E-state index in [-0.39, 0.29) is 23.3 Å². The van der Waals surface area contributed by atoms with E-state index < -0.39 is 24.1 Å². The van der Waals surface area contributed by atoms with Crippen molar-refractivity contribution in [2.75, 3.05) is 5.32 Å². The minimum atomic E-state index is -4.43. The zero-order valence-corrected chi connectivity index (χ0v) is 18.1. The average molecular weight is 472 g/mol. The smallest absolute Gasteiger partial charge is 0.368 e. The number of hydrogen-bond donors (Lipinski definition) is 2. The van der Waals surface area contributed by atoms with Crippen molar-refractivity contribution >= 4 is 17.2 Å². The molecule has 0 aliphatic heterocycles. The van der Waals surface area contributed by atoms with E-state index >= 15 is 0 Å². The van der Waals surface area contributed by atoms with Gasteiger partial charge in [-0.15, -0.1) is 0 Å². The van der Waals surface area contributed by atoms with E-state index in [4.69, 9.17) is 5.73 Å². The van der Waals surface area contributed by atoms with Gasteiger partial charge in [0.15, 0.2) is 11.5 Å². The second-order valence-electron chi connectivity index (χ2n) is 7.94. The number of carbonyl (C=O) groups is 1. The van der Waals surface area contributed by atoms with E-state index in [2.05, 4.69) is 15.4 Å². The van der Waals surface area contributed by atoms with Gasteiger partial charge in [-0.2, -0.15) is 18.3 Å². The van der Waals surface area contributed by atoms with Crippen LogP contribution in [0.25, 0.3) is 5.65 Å². The molecule has 0 atom stereocenters. The zero-order valence-electron chi connectivity index (χ0n) is 18.1. The summed E-state index contributed by atoms with van der Waals surface area (Å²) in [5, 5.41) is 6.88. The molecule has 0 saturated heterocycles. The molecule has 1 saturated carbocycles. The highest BCUT2D eigenvalue weighted by molar-refractivity contribution is 5.95. The molecule has 0 spiro atoms. The molecule has 3 aromatic rings. The maximum absolute atomic E-state index is 12.7. The molecule has 4 rings (SSSR count). The van der Waals surface area contributed by atoms with Crippen molar-refractivity contribution in [3.05, 3.63) is 47.5 Å². The number of nitrogens with zero attached hydrogens (tertiary/aromatic N) is 4. The Balaban J connectivity index is 0.000000218. The molecule has 3 heterocycles. The van der Waals surface area contributed by atoms with E-state index in [0.717, 1.165) is 42.8 Å². The molecule has 0 bridgehead atoms. The molecule has 1 aliphatic rings. The van der Waals surface area contributed by atoms with Gasteiger partial charge in [0.05, 0.1) is 11.8 Å². The third kappa shape index (κ3) is 5.86. The molecule has 12 heteroatoms. The lowest BCUT2D eigenvalue weighted by atomic mass is 9.92. The van der Waals surface area contributed by atoms with Gasteiger partial charge in [0.25, 0.3) is 6.43 Å². The predicted octanol–water partition coefficient (Wildman–Crippen LogP) is 4.60. The van der Waals surface area contributed by atoms with Crippen molar-refractivity contribution in [2.24, 2.45) is 12.8 Å². The van der Waals surface area contributed by atoms with E-state index in [1.165, 1.54) is 18.4 Å². The highest BCUT2D eigenvalue weighted by Crippen LogP contribution is 2.30. The Morgan fingerprint density at radius 3 is 2.42 bits per heavy atom. The van der Waals surface area contributed by atoms with Crippen LogP contribution in [-0.4, -0.2) is 37.0 Å². The number of imidazole rings is 1. The first-order valence-electron chi connectivity index (χ1n) is 10.4. The second kappa shape index (κ2) is 9.86. The van der Waals surface area contributed by atoms with Crippen LogP contribution in [0.15, 0.2) is 30.6 Å². The lowest BCUT2D eigenvalue weighted by Crippen LogP contribution is -2.33. The number of carbonyl (C=O) groups excluding carboxylic acids is 1. The number of anilines is 1. The summed E-state index contributed by atoms with van der Waals surface area (Å²) in [7, 11) is 1.38. The molecule has 0 radical (unpaired) electrons. The van der Waals surface area contributed by atoms with Gasteiger partial charge in [0.1, 0.15) is 17.2 Å². The van der Waals surface area contributed by atoms with Crippen LogP contribution in [0.5, 0.6) is 0 Å². The monoisotopic (exact) mass is 472 g/mol. The van der Waals surface area contributed by atoms with E-state index in [0.29, 0.717) is 11.5 Å². The highest BCUT2D eigenvalue weighted by Gasteiger charge is 2.34. The third-order valence-corrected chi connectivity index (χ3v) is 5.48. The van der Waals surface area contributed by atoms with Gasteiger partial charge in [-0.3, -0.25) is 13.9 Å². The predicted molar refractivity (Wildman–Crippen MR) is 112 cm³/mol. The number of ketones is 1. The van der Waals surface area contributed by atoms with Crippen molar-refractivity contribution < 1.29 is 26.7 Å². The number of nitrogens with one attached hydrogen (secondary N) is 1. The summed E-state index contributed by atoms with van der Waals surface area (Å²) in [5.41, 5.74) is 4.96. The highest BCUT2D eigenvalue weighted by atomic mass is 19.4. The zero-order chi connectivity index (χ0) is 24.3. The van der Waals surface area contributed by atoms with Crippen molar-refractivity contribution in [3.8, 4) is 0 Å². The average Bonchev–Trinajstić information content (AvgIpc) is 3.34. The number of fused-ring (bicyclic) bond motifs is 1. The van der Waals surface area contributed by atoms with Gasteiger partial charge in [0.2, 0.25) is 0 Å². The molecule has 0 unspecified atom stereocenters. The topological polar surface area (TPSA) is 90.2 Å². The fraction of sp³-hybridized carbons (Fsp3) is 0.476. The van der Waals surface area contributed by atoms with Gasteiger partial charge in [-0.25, -0.2) is 13.8 Å². The number of hydrogen-bond acceptors (Lipinski definition) is 5. The van der Waals surface area contributed by atoms with Crippen LogP contribution in [0.1, 0.15) is 60.8 Å². The number of alkyl halides is 5. The Morgan fingerprint density at radius 2 is 1.88 bits per heavy atom. The SMILES string of the molecule is CC(=O)c1cnn(C)c1C(F)F.NC1CCC(Nc2cccc3nc(C(F)(F)F)cn23)CC1. The minimum absolute atomic E-state index is 0.00694. The first kappa shape index (κ1) is 24.6. The molecule has 0 amide bonds.